The smallest absolute Gasteiger partial charge is 0.163 e. The van der Waals surface area contributed by atoms with E-state index < -0.39 is 37.3 Å². The first-order valence-corrected chi connectivity index (χ1v) is 12.3. The van der Waals surface area contributed by atoms with E-state index in [9.17, 15) is 20.4 Å². The van der Waals surface area contributed by atoms with E-state index in [4.69, 9.17) is 25.8 Å². The van der Waals surface area contributed by atoms with Crippen LogP contribution < -0.4 is 4.74 Å². The zero-order valence-corrected chi connectivity index (χ0v) is 19.7. The van der Waals surface area contributed by atoms with Crippen molar-refractivity contribution in [2.75, 3.05) is 19.8 Å². The first kappa shape index (κ1) is 23.9. The van der Waals surface area contributed by atoms with Crippen LogP contribution in [0.4, 0.5) is 0 Å². The summed E-state index contributed by atoms with van der Waals surface area (Å²) in [6.07, 6.45) is -3.53. The van der Waals surface area contributed by atoms with Gasteiger partial charge in [0.05, 0.1) is 25.3 Å². The number of halogens is 1. The van der Waals surface area contributed by atoms with Crippen molar-refractivity contribution in [2.45, 2.75) is 53.0 Å². The number of hydrogen-bond donors (Lipinski definition) is 4. The molecular weight excluding hydrogens is 482 g/mol. The lowest BCUT2D eigenvalue weighted by Crippen LogP contribution is -2.56. The van der Waals surface area contributed by atoms with Crippen LogP contribution in [0.25, 0.3) is 10.9 Å². The number of aromatic nitrogens is 1. The second kappa shape index (κ2) is 10.0. The Morgan fingerprint density at radius 2 is 1.85 bits per heavy atom. The maximum absolute atomic E-state index is 10.6. The summed E-state index contributed by atoms with van der Waals surface area (Å²) in [5.74, 6) is 0.787. The number of nitrogens with zero attached hydrogens (tertiary/aromatic N) is 1. The van der Waals surface area contributed by atoms with Gasteiger partial charge >= 0.3 is 0 Å². The summed E-state index contributed by atoms with van der Waals surface area (Å²) in [5.41, 5.74) is 0.695. The monoisotopic (exact) mass is 507 g/mol. The van der Waals surface area contributed by atoms with Crippen molar-refractivity contribution < 1.29 is 34.6 Å². The lowest BCUT2D eigenvalue weighted by atomic mass is 9.98. The van der Waals surface area contributed by atoms with Crippen molar-refractivity contribution in [1.82, 2.24) is 4.57 Å². The average Bonchev–Trinajstić information content (AvgIpc) is 3.47. The lowest BCUT2D eigenvalue weighted by molar-refractivity contribution is -0.250. The van der Waals surface area contributed by atoms with Crippen molar-refractivity contribution >= 4 is 34.3 Å². The van der Waals surface area contributed by atoms with Gasteiger partial charge in [-0.15, -0.1) is 0 Å². The van der Waals surface area contributed by atoms with Crippen molar-refractivity contribution in [3.8, 4) is 5.75 Å². The van der Waals surface area contributed by atoms with E-state index in [1.165, 1.54) is 11.8 Å². The van der Waals surface area contributed by atoms with Gasteiger partial charge in [-0.1, -0.05) is 29.4 Å². The third kappa shape index (κ3) is 4.67. The highest BCUT2D eigenvalue weighted by atomic mass is 35.5. The van der Waals surface area contributed by atoms with Gasteiger partial charge in [0.1, 0.15) is 36.3 Å². The Morgan fingerprint density at radius 3 is 2.56 bits per heavy atom. The van der Waals surface area contributed by atoms with Gasteiger partial charge in [-0.2, -0.15) is 0 Å². The zero-order chi connectivity index (χ0) is 23.8. The highest BCUT2D eigenvalue weighted by Gasteiger charge is 2.44. The van der Waals surface area contributed by atoms with E-state index in [2.05, 4.69) is 0 Å². The van der Waals surface area contributed by atoms with Crippen LogP contribution in [0.5, 0.6) is 5.75 Å². The van der Waals surface area contributed by atoms with Gasteiger partial charge in [0, 0.05) is 32.8 Å². The Balaban J connectivity index is 1.43. The molecule has 3 aromatic rings. The van der Waals surface area contributed by atoms with Crippen molar-refractivity contribution in [2.24, 2.45) is 0 Å². The number of rotatable bonds is 6. The molecule has 3 heterocycles. The van der Waals surface area contributed by atoms with Gasteiger partial charge in [0.15, 0.2) is 6.23 Å². The van der Waals surface area contributed by atoms with Crippen molar-refractivity contribution in [3.63, 3.8) is 0 Å². The molecule has 5 rings (SSSR count). The molecule has 1 unspecified atom stereocenters. The van der Waals surface area contributed by atoms with Crippen LogP contribution >= 0.6 is 23.4 Å². The molecule has 0 saturated carbocycles. The molecule has 4 N–H and O–H groups in total. The van der Waals surface area contributed by atoms with E-state index in [1.54, 1.807) is 16.7 Å². The number of benzene rings is 2. The molecule has 2 aliphatic heterocycles. The first-order chi connectivity index (χ1) is 16.4. The van der Waals surface area contributed by atoms with Crippen molar-refractivity contribution in [3.05, 3.63) is 53.7 Å². The molecule has 6 atom stereocenters. The summed E-state index contributed by atoms with van der Waals surface area (Å²) in [6, 6.07) is 13.2. The minimum atomic E-state index is -1.47. The van der Waals surface area contributed by atoms with Crippen molar-refractivity contribution in [1.29, 1.82) is 0 Å². The molecular formula is C24H26ClNO7S. The Bertz CT molecular complexity index is 1130. The van der Waals surface area contributed by atoms with E-state index in [0.29, 0.717) is 17.1 Å². The molecule has 2 aliphatic rings. The van der Waals surface area contributed by atoms with Crippen LogP contribution in [0.15, 0.2) is 58.5 Å². The summed E-state index contributed by atoms with van der Waals surface area (Å²) in [5, 5.41) is 42.0. The summed E-state index contributed by atoms with van der Waals surface area (Å²) < 4.78 is 18.8. The fraction of sp³-hybridized carbons (Fsp3) is 0.417. The lowest BCUT2D eigenvalue weighted by Gasteiger charge is -2.40. The Labute approximate surface area is 205 Å². The van der Waals surface area contributed by atoms with E-state index in [-0.39, 0.29) is 6.10 Å². The fourth-order valence-electron chi connectivity index (χ4n) is 4.31. The number of ether oxygens (including phenoxy) is 3. The predicted octanol–water partition coefficient (Wildman–Crippen LogP) is 2.59. The van der Waals surface area contributed by atoms with E-state index >= 15 is 0 Å². The van der Waals surface area contributed by atoms with Gasteiger partial charge in [-0.3, -0.25) is 0 Å². The highest BCUT2D eigenvalue weighted by Crippen LogP contribution is 2.40. The second-order valence-electron chi connectivity index (χ2n) is 8.46. The summed E-state index contributed by atoms with van der Waals surface area (Å²) >= 11 is 7.78. The topological polar surface area (TPSA) is 114 Å². The first-order valence-electron chi connectivity index (χ1n) is 11.1. The quantitative estimate of drug-likeness (QED) is 0.402. The molecule has 8 nitrogen and oxygen atoms in total. The maximum atomic E-state index is 10.6. The molecule has 10 heteroatoms. The normalized spacial score (nSPS) is 29.6. The molecule has 0 bridgehead atoms. The third-order valence-electron chi connectivity index (χ3n) is 6.14. The van der Waals surface area contributed by atoms with Crippen LogP contribution in [0.3, 0.4) is 0 Å². The molecule has 34 heavy (non-hydrogen) atoms. The maximum Gasteiger partial charge on any atom is 0.163 e. The van der Waals surface area contributed by atoms with Gasteiger partial charge in [-0.25, -0.2) is 0 Å². The van der Waals surface area contributed by atoms with E-state index in [1.807, 2.05) is 36.5 Å². The molecule has 0 spiro atoms. The van der Waals surface area contributed by atoms with Crippen LogP contribution in [0, 0.1) is 0 Å². The molecule has 1 aromatic heterocycles. The predicted molar refractivity (Wildman–Crippen MR) is 126 cm³/mol. The molecule has 0 aliphatic carbocycles. The average molecular weight is 508 g/mol. The Hall–Kier alpha value is -1.82. The Kier molecular flexibility index (Phi) is 7.06. The summed E-state index contributed by atoms with van der Waals surface area (Å²) in [4.78, 5) is 1.87. The van der Waals surface area contributed by atoms with Crippen LogP contribution in [0.1, 0.15) is 12.6 Å². The number of fused-ring (bicyclic) bond motifs is 1. The van der Waals surface area contributed by atoms with Gasteiger partial charge in [0.2, 0.25) is 0 Å². The summed E-state index contributed by atoms with van der Waals surface area (Å²) in [6.45, 7) is 0.835. The van der Waals surface area contributed by atoms with Gasteiger partial charge < -0.3 is 39.2 Å². The SMILES string of the molecule is OC[C@H]1O[C@@H](n2cc(Sc3ccc(OC4CCOC4)cc3)c3ccc(Cl)cc32)[C@H](O)[C@@H](O)[C@@H]1O. The standard InChI is InChI=1S/C24H26ClNO7S/c25-13-1-6-17-18(9-13)26(24-23(30)22(29)21(28)19(11-27)33-24)10-20(17)34-16-4-2-14(3-5-16)32-15-7-8-31-12-15/h1-6,9-10,15,19,21-24,27-30H,7-8,11-12H2/t15?,19-,21-,22+,23-,24-/m1/s1. The molecule has 0 amide bonds. The fourth-order valence-corrected chi connectivity index (χ4v) is 5.45. The van der Waals surface area contributed by atoms with Gasteiger partial charge in [-0.05, 0) is 36.4 Å². The van der Waals surface area contributed by atoms with E-state index in [0.717, 1.165) is 34.0 Å². The van der Waals surface area contributed by atoms with Gasteiger partial charge in [0.25, 0.3) is 0 Å². The third-order valence-corrected chi connectivity index (χ3v) is 7.43. The molecule has 2 aromatic carbocycles. The minimum absolute atomic E-state index is 0.0831. The number of aliphatic hydroxyl groups excluding tert-OH is 4. The van der Waals surface area contributed by atoms with Crippen LogP contribution in [0.2, 0.25) is 5.02 Å². The molecule has 0 radical (unpaired) electrons. The Morgan fingerprint density at radius 1 is 1.06 bits per heavy atom. The zero-order valence-electron chi connectivity index (χ0n) is 18.2. The number of aliphatic hydroxyl groups is 4. The second-order valence-corrected chi connectivity index (χ2v) is 10.0. The molecule has 182 valence electrons. The van der Waals surface area contributed by atoms with Crippen LogP contribution in [-0.2, 0) is 9.47 Å². The minimum Gasteiger partial charge on any atom is -0.488 e. The molecule has 2 fully saturated rings. The van der Waals surface area contributed by atoms with Crippen LogP contribution in [-0.4, -0.2) is 75.3 Å². The largest absolute Gasteiger partial charge is 0.488 e. The number of hydrogen-bond acceptors (Lipinski definition) is 8. The highest BCUT2D eigenvalue weighted by molar-refractivity contribution is 7.99. The summed E-state index contributed by atoms with van der Waals surface area (Å²) in [7, 11) is 0. The molecule has 2 saturated heterocycles.